The molecular weight excluding hydrogens is 608 g/mol. The topological polar surface area (TPSA) is 229 Å². The van der Waals surface area contributed by atoms with Crippen molar-refractivity contribution in [3.05, 3.63) is 63.7 Å². The van der Waals surface area contributed by atoms with E-state index in [4.69, 9.17) is 14.2 Å². The second kappa shape index (κ2) is 11.4. The summed E-state index contributed by atoms with van der Waals surface area (Å²) in [5.74, 6) is -5.44. The van der Waals surface area contributed by atoms with E-state index in [1.54, 1.807) is 0 Å². The number of Topliss-reactive ketones (excluding diaryl/α,β-unsaturated/α-hetero) is 1. The molecule has 6 atom stereocenters. The van der Waals surface area contributed by atoms with Gasteiger partial charge in [0, 0.05) is 48.1 Å². The zero-order valence-electron chi connectivity index (χ0n) is 24.6. The van der Waals surface area contributed by atoms with Crippen molar-refractivity contribution in [3.63, 3.8) is 0 Å². The number of benzene rings is 2. The first kappa shape index (κ1) is 31.5. The quantitative estimate of drug-likeness (QED) is 0.141. The van der Waals surface area contributed by atoms with Gasteiger partial charge in [0.15, 0.2) is 17.9 Å². The number of carbonyl (C=O) groups is 5. The summed E-state index contributed by atoms with van der Waals surface area (Å²) in [5.41, 5.74) is -1.44. The number of nitrogens with zero attached hydrogens (tertiary/aromatic N) is 1. The standard InChI is InChI=1S/C31H30N2O13/c1-12-26(38)15(32-33-19(36)6-7-20(33)37)8-21(45-12)46-17-10-31(43,18(35)11-34)9-14-23(17)30(42)25-24(28(14)40)27(39)13-4-3-5-16(44-2)22(13)29(25)41/h3-7,12,15,17,21,26,32,34,38,40,42-43H,8-11H2,1-2H3/t12?,15?,17-,21?,26?,31-/m0/s1. The van der Waals surface area contributed by atoms with Crippen molar-refractivity contribution in [1.29, 1.82) is 0 Å². The first-order valence-electron chi connectivity index (χ1n) is 14.4. The molecule has 1 fully saturated rings. The van der Waals surface area contributed by atoms with Gasteiger partial charge in [-0.15, -0.1) is 0 Å². The van der Waals surface area contributed by atoms with Crippen molar-refractivity contribution in [3.8, 4) is 17.2 Å². The number of aliphatic hydroxyl groups excluding tert-OH is 2. The van der Waals surface area contributed by atoms with Crippen LogP contribution >= 0.6 is 0 Å². The first-order valence-corrected chi connectivity index (χ1v) is 14.4. The normalized spacial score (nSPS) is 28.6. The number of ether oxygens (including phenoxy) is 3. The molecular formula is C31H30N2O13. The maximum Gasteiger partial charge on any atom is 0.268 e. The minimum Gasteiger partial charge on any atom is -0.507 e. The van der Waals surface area contributed by atoms with Gasteiger partial charge < -0.3 is 39.7 Å². The van der Waals surface area contributed by atoms with Crippen molar-refractivity contribution in [1.82, 2.24) is 10.4 Å². The number of imide groups is 1. The van der Waals surface area contributed by atoms with Crippen LogP contribution in [0.4, 0.5) is 0 Å². The number of fused-ring (bicyclic) bond motifs is 3. The average Bonchev–Trinajstić information content (AvgIpc) is 3.34. The third-order valence-corrected chi connectivity index (χ3v) is 8.86. The fraction of sp³-hybridized carbons (Fsp3) is 0.387. The number of carbonyl (C=O) groups excluding carboxylic acids is 5. The third kappa shape index (κ3) is 4.79. The van der Waals surface area contributed by atoms with Crippen molar-refractivity contribution in [2.45, 2.75) is 62.4 Å². The molecule has 46 heavy (non-hydrogen) atoms. The van der Waals surface area contributed by atoms with Crippen LogP contribution in [0, 0.1) is 0 Å². The van der Waals surface area contributed by atoms with Crippen LogP contribution in [0.15, 0.2) is 30.4 Å². The van der Waals surface area contributed by atoms with Gasteiger partial charge >= 0.3 is 0 Å². The lowest BCUT2D eigenvalue weighted by atomic mass is 9.72. The van der Waals surface area contributed by atoms with E-state index in [1.807, 2.05) is 0 Å². The van der Waals surface area contributed by atoms with Gasteiger partial charge in [0.05, 0.1) is 48.2 Å². The van der Waals surface area contributed by atoms with Crippen LogP contribution in [0.1, 0.15) is 68.8 Å². The Morgan fingerprint density at radius 3 is 2.39 bits per heavy atom. The summed E-state index contributed by atoms with van der Waals surface area (Å²) in [6.07, 6.45) is -4.22. The minimum atomic E-state index is -2.34. The SMILES string of the molecule is COc1cccc2c1C(=O)c1c(O)c3c(c(O)c1C2=O)C[C@@](O)(C(=O)CO)C[C@@H]3OC1CC(NN2C(=O)C=CC2=O)C(O)C(C)O1. The molecule has 1 saturated heterocycles. The van der Waals surface area contributed by atoms with Crippen molar-refractivity contribution in [2.24, 2.45) is 0 Å². The van der Waals surface area contributed by atoms with Crippen LogP contribution in [-0.2, 0) is 30.3 Å². The predicted molar refractivity (Wildman–Crippen MR) is 152 cm³/mol. The number of aliphatic hydroxyl groups is 3. The van der Waals surface area contributed by atoms with Gasteiger partial charge in [-0.1, -0.05) is 12.1 Å². The number of phenolic OH excluding ortho intramolecular Hbond substituents is 2. The Morgan fingerprint density at radius 2 is 1.74 bits per heavy atom. The van der Waals surface area contributed by atoms with E-state index >= 15 is 0 Å². The van der Waals surface area contributed by atoms with Crippen molar-refractivity contribution < 1.29 is 63.7 Å². The highest BCUT2D eigenvalue weighted by atomic mass is 16.7. The van der Waals surface area contributed by atoms with E-state index in [0.717, 1.165) is 12.2 Å². The molecule has 0 bridgehead atoms. The zero-order chi connectivity index (χ0) is 33.2. The van der Waals surface area contributed by atoms with E-state index in [-0.39, 0.29) is 34.4 Å². The molecule has 2 aliphatic heterocycles. The van der Waals surface area contributed by atoms with Gasteiger partial charge in [-0.2, -0.15) is 0 Å². The monoisotopic (exact) mass is 638 g/mol. The molecule has 2 heterocycles. The highest BCUT2D eigenvalue weighted by Gasteiger charge is 2.50. The van der Waals surface area contributed by atoms with Crippen molar-refractivity contribution >= 4 is 29.2 Å². The van der Waals surface area contributed by atoms with Gasteiger partial charge in [-0.3, -0.25) is 24.0 Å². The Bertz CT molecular complexity index is 1720. The molecule has 0 spiro atoms. The molecule has 0 radical (unpaired) electrons. The van der Waals surface area contributed by atoms with Crippen LogP contribution in [0.3, 0.4) is 0 Å². The van der Waals surface area contributed by atoms with E-state index in [9.17, 15) is 49.5 Å². The van der Waals surface area contributed by atoms with Gasteiger partial charge in [0.25, 0.3) is 11.8 Å². The number of hydrazine groups is 1. The molecule has 0 saturated carbocycles. The van der Waals surface area contributed by atoms with E-state index in [2.05, 4.69) is 5.43 Å². The second-order valence-corrected chi connectivity index (χ2v) is 11.6. The molecule has 4 unspecified atom stereocenters. The lowest BCUT2D eigenvalue weighted by Gasteiger charge is -2.43. The Hall–Kier alpha value is -4.51. The van der Waals surface area contributed by atoms with Crippen molar-refractivity contribution in [2.75, 3.05) is 13.7 Å². The van der Waals surface area contributed by atoms with Crippen LogP contribution < -0.4 is 10.2 Å². The maximum absolute atomic E-state index is 13.8. The number of hydrogen-bond donors (Lipinski definition) is 6. The van der Waals surface area contributed by atoms with Gasteiger partial charge in [0.1, 0.15) is 29.5 Å². The predicted octanol–water partition coefficient (Wildman–Crippen LogP) is -0.528. The molecule has 242 valence electrons. The summed E-state index contributed by atoms with van der Waals surface area (Å²) < 4.78 is 17.2. The lowest BCUT2D eigenvalue weighted by Crippen LogP contribution is -2.59. The van der Waals surface area contributed by atoms with Gasteiger partial charge in [-0.25, -0.2) is 10.4 Å². The lowest BCUT2D eigenvalue weighted by molar-refractivity contribution is -0.252. The largest absolute Gasteiger partial charge is 0.507 e. The summed E-state index contributed by atoms with van der Waals surface area (Å²) >= 11 is 0. The highest BCUT2D eigenvalue weighted by molar-refractivity contribution is 6.31. The molecule has 15 nitrogen and oxygen atoms in total. The number of phenols is 2. The molecule has 15 heteroatoms. The molecule has 2 aliphatic carbocycles. The summed E-state index contributed by atoms with van der Waals surface area (Å²) in [4.78, 5) is 64.5. The number of nitrogens with one attached hydrogen (secondary N) is 1. The molecule has 2 amide bonds. The molecule has 0 aromatic heterocycles. The fourth-order valence-electron chi connectivity index (χ4n) is 6.54. The van der Waals surface area contributed by atoms with E-state index in [1.165, 1.54) is 32.2 Å². The van der Waals surface area contributed by atoms with Crippen LogP contribution in [0.5, 0.6) is 17.2 Å². The number of ketones is 3. The number of aromatic hydroxyl groups is 2. The summed E-state index contributed by atoms with van der Waals surface area (Å²) in [6, 6.07) is 3.31. The van der Waals surface area contributed by atoms with Crippen LogP contribution in [0.25, 0.3) is 0 Å². The van der Waals surface area contributed by atoms with E-state index in [0.29, 0.717) is 5.01 Å². The number of amides is 2. The third-order valence-electron chi connectivity index (χ3n) is 8.86. The molecule has 6 rings (SSSR count). The molecule has 6 N–H and O–H groups in total. The summed E-state index contributed by atoms with van der Waals surface area (Å²) in [5, 5.41) is 55.6. The Morgan fingerprint density at radius 1 is 1.07 bits per heavy atom. The van der Waals surface area contributed by atoms with E-state index < -0.39 is 107 Å². The number of rotatable bonds is 7. The number of hydrogen-bond acceptors (Lipinski definition) is 14. The Balaban J connectivity index is 1.42. The minimum absolute atomic E-state index is 0.0562. The van der Waals surface area contributed by atoms with Gasteiger partial charge in [-0.05, 0) is 13.0 Å². The summed E-state index contributed by atoms with van der Waals surface area (Å²) in [6.45, 7) is 0.415. The highest BCUT2D eigenvalue weighted by Crippen LogP contribution is 2.52. The summed E-state index contributed by atoms with van der Waals surface area (Å²) in [7, 11) is 1.30. The van der Waals surface area contributed by atoms with Crippen LogP contribution in [-0.4, -0.2) is 104 Å². The maximum atomic E-state index is 13.8. The Kier molecular flexibility index (Phi) is 7.79. The second-order valence-electron chi connectivity index (χ2n) is 11.6. The average molecular weight is 639 g/mol. The smallest absolute Gasteiger partial charge is 0.268 e. The fourth-order valence-corrected chi connectivity index (χ4v) is 6.54. The van der Waals surface area contributed by atoms with Crippen LogP contribution in [0.2, 0.25) is 0 Å². The molecule has 4 aliphatic rings. The first-order chi connectivity index (χ1) is 21.8. The van der Waals surface area contributed by atoms with Gasteiger partial charge in [0.2, 0.25) is 5.78 Å². The zero-order valence-corrected chi connectivity index (χ0v) is 24.6. The number of methoxy groups -OCH3 is 1. The molecule has 2 aromatic rings. The molecule has 2 aromatic carbocycles. The Labute approximate surface area is 260 Å².